The minimum Gasteiger partial charge on any atom is -0.482 e. The highest BCUT2D eigenvalue weighted by Crippen LogP contribution is 2.34. The van der Waals surface area contributed by atoms with Gasteiger partial charge in [-0.25, -0.2) is 14.1 Å². The first-order valence-electron chi connectivity index (χ1n) is 12.0. The zero-order chi connectivity index (χ0) is 26.4. The van der Waals surface area contributed by atoms with Crippen molar-refractivity contribution in [2.24, 2.45) is 10.1 Å². The van der Waals surface area contributed by atoms with Crippen molar-refractivity contribution in [1.29, 1.82) is 0 Å². The third kappa shape index (κ3) is 4.18. The molecule has 2 aliphatic rings. The van der Waals surface area contributed by atoms with Gasteiger partial charge in [-0.2, -0.15) is 5.10 Å². The average molecular weight is 528 g/mol. The predicted octanol–water partition coefficient (Wildman–Crippen LogP) is 4.93. The average Bonchev–Trinajstić information content (AvgIpc) is 3.43. The van der Waals surface area contributed by atoms with Gasteiger partial charge in [-0.15, -0.1) is 11.3 Å². The lowest BCUT2D eigenvalue weighted by Crippen LogP contribution is -2.36. The first-order valence-corrected chi connectivity index (χ1v) is 12.9. The number of hydrogen-bond donors (Lipinski definition) is 1. The number of thiazole rings is 1. The second-order valence-corrected chi connectivity index (χ2v) is 9.92. The zero-order valence-corrected chi connectivity index (χ0v) is 21.3. The number of anilines is 2. The van der Waals surface area contributed by atoms with E-state index < -0.39 is 0 Å². The third-order valence-corrected chi connectivity index (χ3v) is 7.02. The molecule has 0 aliphatic carbocycles. The number of rotatable bonds is 4. The number of ether oxygens (including phenoxy) is 1. The Morgan fingerprint density at radius 3 is 2.63 bits per heavy atom. The maximum atomic E-state index is 13.6. The maximum absolute atomic E-state index is 13.6. The number of aromatic nitrogens is 1. The van der Waals surface area contributed by atoms with E-state index in [0.717, 1.165) is 16.8 Å². The molecule has 0 radical (unpaired) electrons. The molecular weight excluding hydrogens is 505 g/mol. The number of nitrogens with zero attached hydrogens (tertiary/aromatic N) is 4. The van der Waals surface area contributed by atoms with E-state index >= 15 is 0 Å². The minimum atomic E-state index is -0.357. The molecule has 0 atom stereocenters. The summed E-state index contributed by atoms with van der Waals surface area (Å²) in [7, 11) is 0. The summed E-state index contributed by atoms with van der Waals surface area (Å²) in [5, 5.41) is 9.56. The van der Waals surface area contributed by atoms with Crippen molar-refractivity contribution in [2.45, 2.75) is 19.9 Å². The van der Waals surface area contributed by atoms with Crippen molar-refractivity contribution in [3.8, 4) is 17.0 Å². The van der Waals surface area contributed by atoms with Crippen molar-refractivity contribution >= 4 is 45.9 Å². The smallest absolute Gasteiger partial charge is 0.279 e. The van der Waals surface area contributed by atoms with Crippen LogP contribution in [-0.2, 0) is 9.59 Å². The highest BCUT2D eigenvalue weighted by atomic mass is 32.1. The van der Waals surface area contributed by atoms with Gasteiger partial charge in [0.25, 0.3) is 11.8 Å². The predicted molar refractivity (Wildman–Crippen MR) is 144 cm³/mol. The van der Waals surface area contributed by atoms with Gasteiger partial charge in [-0.1, -0.05) is 18.2 Å². The highest BCUT2D eigenvalue weighted by molar-refractivity contribution is 7.07. The van der Waals surface area contributed by atoms with Crippen molar-refractivity contribution in [2.75, 3.05) is 16.8 Å². The van der Waals surface area contributed by atoms with E-state index in [4.69, 9.17) is 14.8 Å². The van der Waals surface area contributed by atoms with Gasteiger partial charge in [0.1, 0.15) is 11.6 Å². The van der Waals surface area contributed by atoms with E-state index in [-0.39, 0.29) is 30.3 Å². The Morgan fingerprint density at radius 1 is 1.05 bits per heavy atom. The first kappa shape index (κ1) is 23.8. The fourth-order valence-electron chi connectivity index (χ4n) is 4.47. The molecule has 2 amide bonds. The molecule has 6 rings (SSSR count). The van der Waals surface area contributed by atoms with E-state index in [1.165, 1.54) is 23.5 Å². The molecule has 190 valence electrons. The van der Waals surface area contributed by atoms with E-state index in [9.17, 15) is 14.0 Å². The summed E-state index contributed by atoms with van der Waals surface area (Å²) in [5.41, 5.74) is 4.33. The third-order valence-electron chi connectivity index (χ3n) is 6.20. The number of fused-ring (bicyclic) bond motifs is 2. The van der Waals surface area contributed by atoms with Crippen LogP contribution in [0.4, 0.5) is 21.5 Å². The normalized spacial score (nSPS) is 16.1. The van der Waals surface area contributed by atoms with Crippen LogP contribution < -0.4 is 19.8 Å². The van der Waals surface area contributed by atoms with Gasteiger partial charge < -0.3 is 15.0 Å². The fourth-order valence-corrected chi connectivity index (χ4v) is 5.32. The van der Waals surface area contributed by atoms with Crippen molar-refractivity contribution in [3.63, 3.8) is 0 Å². The van der Waals surface area contributed by atoms with Crippen molar-refractivity contribution in [3.05, 3.63) is 88.3 Å². The first-order chi connectivity index (χ1) is 18.4. The number of carbonyl (C=O) groups excluding carboxylic acids is 2. The fraction of sp³-hybridized carbons (Fsp3) is 0.143. The highest BCUT2D eigenvalue weighted by Gasteiger charge is 2.35. The topological polar surface area (TPSA) is 88.3 Å². The summed E-state index contributed by atoms with van der Waals surface area (Å²) < 4.78 is 20.6. The molecule has 3 heterocycles. The van der Waals surface area contributed by atoms with Gasteiger partial charge in [0.2, 0.25) is 4.80 Å². The SMILES string of the molecule is CC(C)N1C(=O)C(=Nn2c(-c3ccc4c(c3)NC(=O)CO4)csc2=Nc2ccc(F)cc2)c2ccccc21. The number of para-hydroxylation sites is 1. The summed E-state index contributed by atoms with van der Waals surface area (Å²) in [6, 6.07) is 18.8. The van der Waals surface area contributed by atoms with Crippen LogP contribution in [0.2, 0.25) is 0 Å². The summed E-state index contributed by atoms with van der Waals surface area (Å²) in [5.74, 6) is -0.221. The van der Waals surface area contributed by atoms with Crippen LogP contribution in [0, 0.1) is 5.82 Å². The Morgan fingerprint density at radius 2 is 1.84 bits per heavy atom. The van der Waals surface area contributed by atoms with Gasteiger partial charge in [-0.3, -0.25) is 9.59 Å². The van der Waals surface area contributed by atoms with E-state index in [1.807, 2.05) is 49.6 Å². The Bertz CT molecular complexity index is 1690. The zero-order valence-electron chi connectivity index (χ0n) is 20.5. The summed E-state index contributed by atoms with van der Waals surface area (Å²) in [4.78, 5) is 32.4. The van der Waals surface area contributed by atoms with E-state index in [2.05, 4.69) is 5.32 Å². The largest absolute Gasteiger partial charge is 0.482 e. The Kier molecular flexibility index (Phi) is 5.88. The number of nitrogens with one attached hydrogen (secondary N) is 1. The molecule has 2 aliphatic heterocycles. The lowest BCUT2D eigenvalue weighted by molar-refractivity contribution is -0.118. The number of benzene rings is 3. The number of hydrogen-bond acceptors (Lipinski definition) is 6. The van der Waals surface area contributed by atoms with Gasteiger partial charge >= 0.3 is 0 Å². The van der Waals surface area contributed by atoms with E-state index in [0.29, 0.717) is 33.3 Å². The van der Waals surface area contributed by atoms with Crippen LogP contribution in [-0.4, -0.2) is 34.9 Å². The molecule has 1 N–H and O–H groups in total. The monoisotopic (exact) mass is 527 g/mol. The van der Waals surface area contributed by atoms with Gasteiger partial charge in [0.05, 0.1) is 22.8 Å². The molecule has 3 aromatic carbocycles. The lowest BCUT2D eigenvalue weighted by atomic mass is 10.1. The molecule has 0 spiro atoms. The summed E-state index contributed by atoms with van der Waals surface area (Å²) >= 11 is 1.33. The molecule has 0 saturated carbocycles. The van der Waals surface area contributed by atoms with Crippen LogP contribution in [0.1, 0.15) is 19.4 Å². The molecule has 1 aromatic heterocycles. The molecule has 0 fully saturated rings. The van der Waals surface area contributed by atoms with Gasteiger partial charge in [0, 0.05) is 22.5 Å². The minimum absolute atomic E-state index is 0.0347. The van der Waals surface area contributed by atoms with Crippen LogP contribution in [0.25, 0.3) is 11.3 Å². The van der Waals surface area contributed by atoms with Crippen LogP contribution >= 0.6 is 11.3 Å². The molecule has 0 bridgehead atoms. The molecule has 38 heavy (non-hydrogen) atoms. The number of halogens is 1. The van der Waals surface area contributed by atoms with Gasteiger partial charge in [-0.05, 0) is 62.4 Å². The Balaban J connectivity index is 1.55. The Hall–Kier alpha value is -4.57. The molecule has 0 saturated heterocycles. The maximum Gasteiger partial charge on any atom is 0.279 e. The summed E-state index contributed by atoms with van der Waals surface area (Å²) in [6.07, 6.45) is 0. The molecule has 0 unspecified atom stereocenters. The molecular formula is C28H22FN5O3S. The second-order valence-electron chi connectivity index (χ2n) is 9.09. The summed E-state index contributed by atoms with van der Waals surface area (Å²) in [6.45, 7) is 3.88. The molecule has 4 aromatic rings. The number of amides is 2. The van der Waals surface area contributed by atoms with Gasteiger partial charge in [0.15, 0.2) is 12.3 Å². The van der Waals surface area contributed by atoms with Crippen molar-refractivity contribution in [1.82, 2.24) is 4.68 Å². The number of carbonyl (C=O) groups is 2. The van der Waals surface area contributed by atoms with Crippen molar-refractivity contribution < 1.29 is 18.7 Å². The Labute approximate surface area is 221 Å². The van der Waals surface area contributed by atoms with E-state index in [1.54, 1.807) is 33.8 Å². The standard InChI is InChI=1S/C28H22FN5O3S/c1-16(2)33-22-6-4-3-5-20(22)26(27(33)36)32-34-23(15-38-28(34)30-19-10-8-18(29)9-11-19)17-7-12-24-21(13-17)31-25(35)14-37-24/h3-13,15-16H,14H2,1-2H3,(H,31,35). The quantitative estimate of drug-likeness (QED) is 0.408. The molecule has 10 heteroatoms. The van der Waals surface area contributed by atoms with Crippen LogP contribution in [0.5, 0.6) is 5.75 Å². The van der Waals surface area contributed by atoms with Crippen LogP contribution in [0.15, 0.2) is 82.2 Å². The lowest BCUT2D eigenvalue weighted by Gasteiger charge is -2.21. The molecule has 8 nitrogen and oxygen atoms in total. The second kappa shape index (κ2) is 9.38. The van der Waals surface area contributed by atoms with Crippen LogP contribution in [0.3, 0.4) is 0 Å².